The zero-order chi connectivity index (χ0) is 18.5. The van der Waals surface area contributed by atoms with Crippen molar-refractivity contribution >= 4 is 23.4 Å². The summed E-state index contributed by atoms with van der Waals surface area (Å²) in [6.45, 7) is 5.24. The highest BCUT2D eigenvalue weighted by Gasteiger charge is 2.64. The minimum atomic E-state index is -1.79. The van der Waals surface area contributed by atoms with Gasteiger partial charge in [-0.2, -0.15) is 0 Å². The van der Waals surface area contributed by atoms with E-state index in [2.05, 4.69) is 0 Å². The lowest BCUT2D eigenvalue weighted by molar-refractivity contribution is -0.160. The van der Waals surface area contributed by atoms with Crippen molar-refractivity contribution in [2.75, 3.05) is 13.7 Å². The van der Waals surface area contributed by atoms with Crippen molar-refractivity contribution in [1.82, 2.24) is 4.90 Å². The van der Waals surface area contributed by atoms with Crippen molar-refractivity contribution in [2.45, 2.75) is 20.8 Å². The van der Waals surface area contributed by atoms with Crippen LogP contribution >= 0.6 is 0 Å². The van der Waals surface area contributed by atoms with Crippen LogP contribution in [0.1, 0.15) is 41.5 Å². The number of benzene rings is 1. The Bertz CT molecular complexity index is 851. The minimum Gasteiger partial charge on any atom is -0.468 e. The van der Waals surface area contributed by atoms with Gasteiger partial charge >= 0.3 is 5.97 Å². The Morgan fingerprint density at radius 3 is 2.16 bits per heavy atom. The van der Waals surface area contributed by atoms with Crippen molar-refractivity contribution in [3.63, 3.8) is 0 Å². The molecule has 1 aromatic rings. The third kappa shape index (κ3) is 1.91. The predicted molar refractivity (Wildman–Crippen MR) is 88.8 cm³/mol. The first-order chi connectivity index (χ1) is 11.8. The van der Waals surface area contributed by atoms with E-state index < -0.39 is 34.8 Å². The fourth-order valence-electron chi connectivity index (χ4n) is 3.83. The number of amides is 1. The number of fused-ring (bicyclic) bond motifs is 1. The number of allylic oxidation sites excluding steroid dienone is 1. The highest BCUT2D eigenvalue weighted by Crippen LogP contribution is 2.50. The van der Waals surface area contributed by atoms with Gasteiger partial charge in [0.05, 0.1) is 12.7 Å². The molecule has 1 unspecified atom stereocenters. The molecule has 0 saturated heterocycles. The lowest BCUT2D eigenvalue weighted by Crippen LogP contribution is -2.48. The minimum absolute atomic E-state index is 0.00954. The summed E-state index contributed by atoms with van der Waals surface area (Å²) in [4.78, 5) is 53.3. The first kappa shape index (κ1) is 17.1. The van der Waals surface area contributed by atoms with E-state index >= 15 is 0 Å². The number of rotatable bonds is 3. The number of Topliss-reactive ketones (excluding diaryl/α,β-unsaturated/α-hetero) is 2. The topological polar surface area (TPSA) is 80.8 Å². The van der Waals surface area contributed by atoms with Gasteiger partial charge in [-0.25, -0.2) is 0 Å². The van der Waals surface area contributed by atoms with Gasteiger partial charge in [-0.05, 0) is 12.8 Å². The Labute approximate surface area is 145 Å². The largest absolute Gasteiger partial charge is 0.468 e. The summed E-state index contributed by atoms with van der Waals surface area (Å²) >= 11 is 0. The van der Waals surface area contributed by atoms with Crippen LogP contribution in [-0.4, -0.2) is 42.0 Å². The average molecular weight is 341 g/mol. The summed E-state index contributed by atoms with van der Waals surface area (Å²) in [5.41, 5.74) is -1.37. The number of likely N-dealkylation sites (N-methyl/N-ethyl adjacent to an activating group) is 1. The van der Waals surface area contributed by atoms with Crippen molar-refractivity contribution in [3.05, 3.63) is 46.7 Å². The zero-order valence-electron chi connectivity index (χ0n) is 14.6. The van der Waals surface area contributed by atoms with Gasteiger partial charge in [-0.1, -0.05) is 38.1 Å². The maximum atomic E-state index is 13.2. The number of ketones is 2. The predicted octanol–water partition coefficient (Wildman–Crippen LogP) is 2.00. The van der Waals surface area contributed by atoms with Crippen molar-refractivity contribution in [2.24, 2.45) is 11.3 Å². The SMILES string of the molecule is CCN1C(=O)C(C(=O)OC)(C(C)C)C2=C1C(=O)c1ccccc1C2=O. The molecule has 0 N–H and O–H groups in total. The van der Waals surface area contributed by atoms with E-state index in [4.69, 9.17) is 4.74 Å². The maximum Gasteiger partial charge on any atom is 0.326 e. The van der Waals surface area contributed by atoms with E-state index in [0.717, 1.165) is 0 Å². The monoisotopic (exact) mass is 341 g/mol. The van der Waals surface area contributed by atoms with E-state index in [0.29, 0.717) is 0 Å². The molecular formula is C19H19NO5. The number of methoxy groups -OCH3 is 1. The van der Waals surface area contributed by atoms with Gasteiger partial charge in [-0.15, -0.1) is 0 Å². The normalized spacial score (nSPS) is 22.4. The Balaban J connectivity index is 2.39. The molecule has 0 bridgehead atoms. The molecule has 0 fully saturated rings. The zero-order valence-corrected chi connectivity index (χ0v) is 14.6. The number of carbonyl (C=O) groups is 4. The molecular weight excluding hydrogens is 322 g/mol. The molecule has 0 spiro atoms. The van der Waals surface area contributed by atoms with Gasteiger partial charge < -0.3 is 9.64 Å². The summed E-state index contributed by atoms with van der Waals surface area (Å²) in [6.07, 6.45) is 0. The summed E-state index contributed by atoms with van der Waals surface area (Å²) in [7, 11) is 1.18. The summed E-state index contributed by atoms with van der Waals surface area (Å²) in [5, 5.41) is 0. The fraction of sp³-hybridized carbons (Fsp3) is 0.368. The highest BCUT2D eigenvalue weighted by molar-refractivity contribution is 6.34. The van der Waals surface area contributed by atoms with Crippen LogP contribution in [0, 0.1) is 11.3 Å². The van der Waals surface area contributed by atoms with E-state index in [1.807, 2.05) is 0 Å². The van der Waals surface area contributed by atoms with Crippen LogP contribution in [0.5, 0.6) is 0 Å². The first-order valence-electron chi connectivity index (χ1n) is 8.17. The van der Waals surface area contributed by atoms with Gasteiger partial charge in [0.1, 0.15) is 5.70 Å². The summed E-state index contributed by atoms with van der Waals surface area (Å²) in [5.74, 6) is -2.80. The maximum absolute atomic E-state index is 13.2. The molecule has 1 aromatic carbocycles. The molecule has 0 saturated carbocycles. The van der Waals surface area contributed by atoms with Crippen LogP contribution in [0.4, 0.5) is 0 Å². The molecule has 1 amide bonds. The number of ether oxygens (including phenoxy) is 1. The Morgan fingerprint density at radius 1 is 1.12 bits per heavy atom. The molecule has 1 atom stereocenters. The smallest absolute Gasteiger partial charge is 0.326 e. The first-order valence-corrected chi connectivity index (χ1v) is 8.17. The lowest BCUT2D eigenvalue weighted by Gasteiger charge is -2.31. The van der Waals surface area contributed by atoms with Gasteiger partial charge in [0.2, 0.25) is 11.7 Å². The highest BCUT2D eigenvalue weighted by atomic mass is 16.5. The van der Waals surface area contributed by atoms with Crippen LogP contribution < -0.4 is 0 Å². The molecule has 2 aliphatic rings. The summed E-state index contributed by atoms with van der Waals surface area (Å²) in [6, 6.07) is 6.42. The van der Waals surface area contributed by atoms with Gasteiger partial charge in [0.25, 0.3) is 0 Å². The molecule has 6 nitrogen and oxygen atoms in total. The van der Waals surface area contributed by atoms with Gasteiger partial charge in [-0.3, -0.25) is 19.2 Å². The van der Waals surface area contributed by atoms with E-state index in [9.17, 15) is 19.2 Å². The third-order valence-corrected chi connectivity index (χ3v) is 5.03. The molecule has 0 radical (unpaired) electrons. The summed E-state index contributed by atoms with van der Waals surface area (Å²) < 4.78 is 4.90. The second kappa shape index (κ2) is 5.65. The number of carbonyl (C=O) groups excluding carboxylic acids is 4. The van der Waals surface area contributed by atoms with Crippen LogP contribution in [0.2, 0.25) is 0 Å². The molecule has 1 aliphatic heterocycles. The van der Waals surface area contributed by atoms with Gasteiger partial charge in [0.15, 0.2) is 11.2 Å². The van der Waals surface area contributed by atoms with Crippen LogP contribution in [-0.2, 0) is 14.3 Å². The lowest BCUT2D eigenvalue weighted by atomic mass is 9.67. The quantitative estimate of drug-likeness (QED) is 0.620. The Morgan fingerprint density at radius 2 is 1.68 bits per heavy atom. The van der Waals surface area contributed by atoms with E-state index in [1.165, 1.54) is 12.0 Å². The molecule has 130 valence electrons. The Hall–Kier alpha value is -2.76. The molecule has 6 heteroatoms. The molecule has 1 aliphatic carbocycles. The number of esters is 1. The number of nitrogens with zero attached hydrogens (tertiary/aromatic N) is 1. The average Bonchev–Trinajstić information content (AvgIpc) is 2.88. The van der Waals surface area contributed by atoms with Crippen LogP contribution in [0.15, 0.2) is 35.5 Å². The van der Waals surface area contributed by atoms with Crippen LogP contribution in [0.3, 0.4) is 0 Å². The van der Waals surface area contributed by atoms with Crippen molar-refractivity contribution in [3.8, 4) is 0 Å². The van der Waals surface area contributed by atoms with Gasteiger partial charge in [0, 0.05) is 17.7 Å². The number of hydrogen-bond donors (Lipinski definition) is 0. The second-order valence-electron chi connectivity index (χ2n) is 6.43. The second-order valence-corrected chi connectivity index (χ2v) is 6.43. The third-order valence-electron chi connectivity index (χ3n) is 5.03. The molecule has 1 heterocycles. The Kier molecular flexibility index (Phi) is 3.86. The van der Waals surface area contributed by atoms with Crippen LogP contribution in [0.25, 0.3) is 0 Å². The van der Waals surface area contributed by atoms with E-state index in [1.54, 1.807) is 45.0 Å². The number of hydrogen-bond acceptors (Lipinski definition) is 5. The van der Waals surface area contributed by atoms with E-state index in [-0.39, 0.29) is 28.9 Å². The van der Waals surface area contributed by atoms with Crippen molar-refractivity contribution in [1.29, 1.82) is 0 Å². The molecule has 25 heavy (non-hydrogen) atoms. The standard InChI is InChI=1S/C19H19NO5/c1-5-20-14-13(19(10(2)3,17(20)23)18(24)25-4)15(21)11-8-6-7-9-12(11)16(14)22/h6-10H,5H2,1-4H3. The van der Waals surface area contributed by atoms with Crippen molar-refractivity contribution < 1.29 is 23.9 Å². The molecule has 0 aromatic heterocycles. The fourth-order valence-corrected chi connectivity index (χ4v) is 3.83. The molecule has 3 rings (SSSR count).